The number of methoxy groups -OCH3 is 2. The number of ether oxygens (including phenoxy) is 3. The minimum absolute atomic E-state index is 0.0989. The lowest BCUT2D eigenvalue weighted by Gasteiger charge is -2.13. The van der Waals surface area contributed by atoms with Gasteiger partial charge >= 0.3 is 5.97 Å². The van der Waals surface area contributed by atoms with E-state index in [0.717, 1.165) is 0 Å². The molecule has 0 aliphatic rings. The standard InChI is InChI=1S/C20H21ClN2O6/c1-12(24)22-15-5-7-18(28-3)16(10-15)23-19(25)11-29-20(26)9-13-8-14(21)4-6-17(13)27-2/h4-8,10H,9,11H2,1-3H3,(H,22,24)(H,23,25). The highest BCUT2D eigenvalue weighted by Crippen LogP contribution is 2.28. The first-order chi connectivity index (χ1) is 13.8. The lowest BCUT2D eigenvalue weighted by Crippen LogP contribution is -2.22. The van der Waals surface area contributed by atoms with Gasteiger partial charge in [0.15, 0.2) is 6.61 Å². The van der Waals surface area contributed by atoms with Gasteiger partial charge in [-0.15, -0.1) is 0 Å². The number of esters is 1. The molecular formula is C20H21ClN2O6. The van der Waals surface area contributed by atoms with Gasteiger partial charge in [-0.1, -0.05) is 11.6 Å². The second kappa shape index (κ2) is 10.3. The van der Waals surface area contributed by atoms with Crippen molar-refractivity contribution in [3.63, 3.8) is 0 Å². The molecule has 0 saturated carbocycles. The van der Waals surface area contributed by atoms with Crippen molar-refractivity contribution in [2.75, 3.05) is 31.5 Å². The van der Waals surface area contributed by atoms with Crippen LogP contribution in [-0.2, 0) is 25.5 Å². The van der Waals surface area contributed by atoms with Crippen LogP contribution in [0.4, 0.5) is 11.4 Å². The Kier molecular flexibility index (Phi) is 7.85. The predicted octanol–water partition coefficient (Wildman–Crippen LogP) is 3.04. The lowest BCUT2D eigenvalue weighted by molar-refractivity contribution is -0.146. The monoisotopic (exact) mass is 420 g/mol. The Morgan fingerprint density at radius 1 is 0.966 bits per heavy atom. The van der Waals surface area contributed by atoms with Crippen molar-refractivity contribution in [3.8, 4) is 11.5 Å². The van der Waals surface area contributed by atoms with Crippen molar-refractivity contribution >= 4 is 40.8 Å². The van der Waals surface area contributed by atoms with Gasteiger partial charge in [-0.2, -0.15) is 0 Å². The molecule has 2 N–H and O–H groups in total. The fraction of sp³-hybridized carbons (Fsp3) is 0.250. The molecule has 0 fully saturated rings. The molecule has 8 nitrogen and oxygen atoms in total. The molecule has 0 heterocycles. The molecule has 0 aliphatic carbocycles. The number of anilines is 2. The van der Waals surface area contributed by atoms with Crippen LogP contribution in [0.5, 0.6) is 11.5 Å². The molecule has 0 bridgehead atoms. The van der Waals surface area contributed by atoms with E-state index < -0.39 is 18.5 Å². The summed E-state index contributed by atoms with van der Waals surface area (Å²) in [6, 6.07) is 9.65. The third kappa shape index (κ3) is 6.69. The fourth-order valence-electron chi connectivity index (χ4n) is 2.51. The largest absolute Gasteiger partial charge is 0.496 e. The third-order valence-electron chi connectivity index (χ3n) is 3.74. The first-order valence-corrected chi connectivity index (χ1v) is 8.93. The van der Waals surface area contributed by atoms with E-state index in [1.165, 1.54) is 27.2 Å². The summed E-state index contributed by atoms with van der Waals surface area (Å²) in [5.74, 6) is -0.537. The highest BCUT2D eigenvalue weighted by molar-refractivity contribution is 6.30. The SMILES string of the molecule is COc1ccc(Cl)cc1CC(=O)OCC(=O)Nc1cc(NC(C)=O)ccc1OC. The summed E-state index contributed by atoms with van der Waals surface area (Å²) >= 11 is 5.94. The van der Waals surface area contributed by atoms with E-state index in [-0.39, 0.29) is 12.3 Å². The summed E-state index contributed by atoms with van der Waals surface area (Å²) in [6.07, 6.45) is -0.0989. The quantitative estimate of drug-likeness (QED) is 0.636. The van der Waals surface area contributed by atoms with Gasteiger partial charge in [0.25, 0.3) is 5.91 Å². The summed E-state index contributed by atoms with van der Waals surface area (Å²) in [7, 11) is 2.93. The molecule has 2 aromatic carbocycles. The fourth-order valence-corrected chi connectivity index (χ4v) is 2.71. The van der Waals surface area contributed by atoms with Crippen LogP contribution < -0.4 is 20.1 Å². The van der Waals surface area contributed by atoms with Gasteiger partial charge in [0, 0.05) is 23.2 Å². The maximum absolute atomic E-state index is 12.2. The molecule has 2 rings (SSSR count). The second-order valence-electron chi connectivity index (χ2n) is 5.94. The Balaban J connectivity index is 1.97. The van der Waals surface area contributed by atoms with E-state index in [1.807, 2.05) is 0 Å². The van der Waals surface area contributed by atoms with Crippen LogP contribution in [0.1, 0.15) is 12.5 Å². The molecule has 0 aliphatic heterocycles. The number of hydrogen-bond acceptors (Lipinski definition) is 6. The van der Waals surface area contributed by atoms with Gasteiger partial charge in [-0.3, -0.25) is 14.4 Å². The van der Waals surface area contributed by atoms with Gasteiger partial charge in [0.1, 0.15) is 11.5 Å². The number of nitrogens with one attached hydrogen (secondary N) is 2. The molecule has 0 spiro atoms. The van der Waals surface area contributed by atoms with Crippen LogP contribution in [0.3, 0.4) is 0 Å². The maximum atomic E-state index is 12.2. The van der Waals surface area contributed by atoms with Crippen molar-refractivity contribution in [3.05, 3.63) is 47.0 Å². The second-order valence-corrected chi connectivity index (χ2v) is 6.37. The number of amides is 2. The van der Waals surface area contributed by atoms with Crippen LogP contribution in [0, 0.1) is 0 Å². The molecule has 29 heavy (non-hydrogen) atoms. The molecule has 154 valence electrons. The first kappa shape index (κ1) is 22.0. The zero-order valence-electron chi connectivity index (χ0n) is 16.2. The van der Waals surface area contributed by atoms with Crippen molar-refractivity contribution in [2.24, 2.45) is 0 Å². The molecular weight excluding hydrogens is 400 g/mol. The van der Waals surface area contributed by atoms with Gasteiger partial charge in [-0.25, -0.2) is 0 Å². The van der Waals surface area contributed by atoms with Gasteiger partial charge < -0.3 is 24.8 Å². The average molecular weight is 421 g/mol. The third-order valence-corrected chi connectivity index (χ3v) is 3.97. The highest BCUT2D eigenvalue weighted by Gasteiger charge is 2.14. The van der Waals surface area contributed by atoms with E-state index in [0.29, 0.717) is 33.5 Å². The van der Waals surface area contributed by atoms with E-state index in [9.17, 15) is 14.4 Å². The van der Waals surface area contributed by atoms with Crippen LogP contribution in [0.15, 0.2) is 36.4 Å². The Hall–Kier alpha value is -3.26. The number of halogens is 1. The maximum Gasteiger partial charge on any atom is 0.310 e. The minimum Gasteiger partial charge on any atom is -0.496 e. The topological polar surface area (TPSA) is 103 Å². The van der Waals surface area contributed by atoms with E-state index in [2.05, 4.69) is 10.6 Å². The number of rotatable bonds is 8. The smallest absolute Gasteiger partial charge is 0.310 e. The van der Waals surface area contributed by atoms with Gasteiger partial charge in [0.2, 0.25) is 5.91 Å². The average Bonchev–Trinajstić information content (AvgIpc) is 2.66. The van der Waals surface area contributed by atoms with E-state index >= 15 is 0 Å². The number of carbonyl (C=O) groups excluding carboxylic acids is 3. The zero-order chi connectivity index (χ0) is 21.4. The highest BCUT2D eigenvalue weighted by atomic mass is 35.5. The van der Waals surface area contributed by atoms with Crippen LogP contribution >= 0.6 is 11.6 Å². The number of benzene rings is 2. The van der Waals surface area contributed by atoms with Crippen molar-refractivity contribution in [1.82, 2.24) is 0 Å². The van der Waals surface area contributed by atoms with Crippen LogP contribution in [-0.4, -0.2) is 38.6 Å². The molecule has 2 amide bonds. The van der Waals surface area contributed by atoms with E-state index in [1.54, 1.807) is 30.3 Å². The number of hydrogen-bond donors (Lipinski definition) is 2. The molecule has 0 saturated heterocycles. The molecule has 0 aromatic heterocycles. The van der Waals surface area contributed by atoms with Crippen molar-refractivity contribution < 1.29 is 28.6 Å². The summed E-state index contributed by atoms with van der Waals surface area (Å²) in [5, 5.41) is 5.65. The summed E-state index contributed by atoms with van der Waals surface area (Å²) in [6.45, 7) is 0.881. The van der Waals surface area contributed by atoms with E-state index in [4.69, 9.17) is 25.8 Å². The Labute approximate surface area is 173 Å². The van der Waals surface area contributed by atoms with Crippen molar-refractivity contribution in [1.29, 1.82) is 0 Å². The summed E-state index contributed by atoms with van der Waals surface area (Å²) in [4.78, 5) is 35.4. The van der Waals surface area contributed by atoms with Crippen molar-refractivity contribution in [2.45, 2.75) is 13.3 Å². The number of carbonyl (C=O) groups is 3. The molecule has 0 unspecified atom stereocenters. The Morgan fingerprint density at radius 3 is 2.31 bits per heavy atom. The molecule has 0 atom stereocenters. The lowest BCUT2D eigenvalue weighted by atomic mass is 10.1. The molecule has 2 aromatic rings. The van der Waals surface area contributed by atoms with Crippen LogP contribution in [0.25, 0.3) is 0 Å². The minimum atomic E-state index is -0.611. The predicted molar refractivity (Wildman–Crippen MR) is 109 cm³/mol. The first-order valence-electron chi connectivity index (χ1n) is 8.56. The molecule has 9 heteroatoms. The normalized spacial score (nSPS) is 10.1. The summed E-state index contributed by atoms with van der Waals surface area (Å²) in [5.41, 5.74) is 1.37. The summed E-state index contributed by atoms with van der Waals surface area (Å²) < 4.78 is 15.4. The van der Waals surface area contributed by atoms with Crippen LogP contribution in [0.2, 0.25) is 5.02 Å². The zero-order valence-corrected chi connectivity index (χ0v) is 17.0. The van der Waals surface area contributed by atoms with Gasteiger partial charge in [0.05, 0.1) is 26.3 Å². The Bertz CT molecular complexity index is 916. The molecule has 0 radical (unpaired) electrons. The Morgan fingerprint density at radius 2 is 1.66 bits per heavy atom. The van der Waals surface area contributed by atoms with Gasteiger partial charge in [-0.05, 0) is 36.4 Å².